The lowest BCUT2D eigenvalue weighted by atomic mass is 10.2. The van der Waals surface area contributed by atoms with Gasteiger partial charge in [-0.3, -0.25) is 0 Å². The molecular weight excluding hydrogens is 186 g/mol. The summed E-state index contributed by atoms with van der Waals surface area (Å²) >= 11 is 1.29. The van der Waals surface area contributed by atoms with Crippen molar-refractivity contribution in [2.45, 2.75) is 0 Å². The van der Waals surface area contributed by atoms with E-state index in [1.165, 1.54) is 18.4 Å². The monoisotopic (exact) mass is 195 g/mol. The van der Waals surface area contributed by atoms with Crippen LogP contribution < -0.4 is 10.5 Å². The lowest BCUT2D eigenvalue weighted by Crippen LogP contribution is -1.84. The molecule has 0 aliphatic carbocycles. The van der Waals surface area contributed by atoms with E-state index in [-0.39, 0.29) is 5.06 Å². The predicted molar refractivity (Wildman–Crippen MR) is 54.5 cm³/mol. The summed E-state index contributed by atoms with van der Waals surface area (Å²) < 4.78 is 6.03. The van der Waals surface area contributed by atoms with Crippen LogP contribution in [-0.2, 0) is 0 Å². The Kier molecular flexibility index (Phi) is 1.77. The summed E-state index contributed by atoms with van der Waals surface area (Å²) in [5.74, 6) is 0.507. The van der Waals surface area contributed by atoms with E-state index < -0.39 is 0 Å². The number of hydrogen-bond acceptors (Lipinski definition) is 4. The van der Waals surface area contributed by atoms with Crippen molar-refractivity contribution < 1.29 is 9.84 Å². The third kappa shape index (κ3) is 1.19. The van der Waals surface area contributed by atoms with Crippen molar-refractivity contribution in [3.05, 3.63) is 18.2 Å². The van der Waals surface area contributed by atoms with Gasteiger partial charge in [0.1, 0.15) is 0 Å². The Hall–Kier alpha value is -1.42. The zero-order chi connectivity index (χ0) is 9.42. The number of ether oxygens (including phenoxy) is 1. The molecule has 4 heteroatoms. The summed E-state index contributed by atoms with van der Waals surface area (Å²) in [7, 11) is 1.53. The first-order valence-electron chi connectivity index (χ1n) is 3.77. The highest BCUT2D eigenvalue weighted by atomic mass is 32.1. The lowest BCUT2D eigenvalue weighted by Gasteiger charge is -1.97. The molecule has 1 aromatic carbocycles. The average molecular weight is 195 g/mol. The fraction of sp³-hybridized carbons (Fsp3) is 0.111. The molecule has 2 rings (SSSR count). The Morgan fingerprint density at radius 2 is 2.23 bits per heavy atom. The summed E-state index contributed by atoms with van der Waals surface area (Å²) in [6, 6.07) is 5.47. The highest BCUT2D eigenvalue weighted by Crippen LogP contribution is 2.43. The maximum atomic E-state index is 9.48. The smallest absolute Gasteiger partial charge is 0.215 e. The van der Waals surface area contributed by atoms with Crippen LogP contribution >= 0.6 is 11.3 Å². The van der Waals surface area contributed by atoms with Crippen LogP contribution in [0.2, 0.25) is 0 Å². The van der Waals surface area contributed by atoms with Gasteiger partial charge < -0.3 is 15.6 Å². The average Bonchev–Trinajstić information content (AvgIpc) is 2.40. The standard InChI is InChI=1S/C9H9NO2S/c1-12-8-6-4-5(10)2-3-7(6)13-9(8)11/h2-4,11H,10H2,1H3. The molecule has 0 spiro atoms. The number of rotatable bonds is 1. The highest BCUT2D eigenvalue weighted by Gasteiger charge is 2.11. The molecule has 3 nitrogen and oxygen atoms in total. The minimum absolute atomic E-state index is 0.197. The van der Waals surface area contributed by atoms with Crippen LogP contribution in [0.25, 0.3) is 10.1 Å². The van der Waals surface area contributed by atoms with Crippen molar-refractivity contribution in [2.75, 3.05) is 12.8 Å². The summed E-state index contributed by atoms with van der Waals surface area (Å²) in [4.78, 5) is 0. The Morgan fingerprint density at radius 1 is 1.46 bits per heavy atom. The number of nitrogen functional groups attached to an aromatic ring is 1. The van der Waals surface area contributed by atoms with Gasteiger partial charge in [-0.2, -0.15) is 0 Å². The van der Waals surface area contributed by atoms with E-state index in [0.29, 0.717) is 11.4 Å². The SMILES string of the molecule is COc1c(O)sc2ccc(N)cc12. The van der Waals surface area contributed by atoms with Crippen molar-refractivity contribution in [2.24, 2.45) is 0 Å². The molecule has 3 N–H and O–H groups in total. The summed E-state index contributed by atoms with van der Waals surface area (Å²) in [6.07, 6.45) is 0. The van der Waals surface area contributed by atoms with E-state index in [2.05, 4.69) is 0 Å². The number of aromatic hydroxyl groups is 1. The van der Waals surface area contributed by atoms with Gasteiger partial charge in [-0.1, -0.05) is 11.3 Å². The van der Waals surface area contributed by atoms with Crippen LogP contribution in [0.1, 0.15) is 0 Å². The number of fused-ring (bicyclic) bond motifs is 1. The van der Waals surface area contributed by atoms with Gasteiger partial charge in [0, 0.05) is 15.8 Å². The Balaban J connectivity index is 2.80. The largest absolute Gasteiger partial charge is 0.497 e. The minimum Gasteiger partial charge on any atom is -0.497 e. The molecule has 0 radical (unpaired) electrons. The molecule has 0 bridgehead atoms. The van der Waals surface area contributed by atoms with Gasteiger partial charge in [0.2, 0.25) is 5.06 Å². The quantitative estimate of drug-likeness (QED) is 0.686. The van der Waals surface area contributed by atoms with Crippen LogP contribution in [0.5, 0.6) is 10.8 Å². The predicted octanol–water partition coefficient (Wildman–Crippen LogP) is 2.20. The lowest BCUT2D eigenvalue weighted by molar-refractivity contribution is 0.385. The van der Waals surface area contributed by atoms with Crippen LogP contribution in [0.15, 0.2) is 18.2 Å². The molecule has 0 aliphatic heterocycles. The van der Waals surface area contributed by atoms with Gasteiger partial charge in [-0.15, -0.1) is 0 Å². The highest BCUT2D eigenvalue weighted by molar-refractivity contribution is 7.21. The molecule has 0 aliphatic rings. The zero-order valence-corrected chi connectivity index (χ0v) is 7.89. The van der Waals surface area contributed by atoms with E-state index in [9.17, 15) is 5.11 Å². The number of benzene rings is 1. The summed E-state index contributed by atoms with van der Waals surface area (Å²) in [5, 5.41) is 10.5. The van der Waals surface area contributed by atoms with E-state index in [1.54, 1.807) is 12.1 Å². The van der Waals surface area contributed by atoms with Gasteiger partial charge >= 0.3 is 0 Å². The maximum absolute atomic E-state index is 9.48. The summed E-state index contributed by atoms with van der Waals surface area (Å²) in [6.45, 7) is 0. The number of anilines is 1. The number of hydrogen-bond donors (Lipinski definition) is 2. The normalized spacial score (nSPS) is 10.5. The van der Waals surface area contributed by atoms with Gasteiger partial charge in [0.05, 0.1) is 7.11 Å². The second-order valence-electron chi connectivity index (χ2n) is 2.70. The van der Waals surface area contributed by atoms with E-state index >= 15 is 0 Å². The molecule has 0 saturated heterocycles. The Morgan fingerprint density at radius 3 is 2.92 bits per heavy atom. The fourth-order valence-electron chi connectivity index (χ4n) is 1.28. The van der Waals surface area contributed by atoms with Crippen molar-refractivity contribution in [3.63, 3.8) is 0 Å². The second-order valence-corrected chi connectivity index (χ2v) is 3.73. The van der Waals surface area contributed by atoms with Crippen molar-refractivity contribution in [3.8, 4) is 10.8 Å². The van der Waals surface area contributed by atoms with Gasteiger partial charge in [0.15, 0.2) is 5.75 Å². The van der Waals surface area contributed by atoms with E-state index in [4.69, 9.17) is 10.5 Å². The van der Waals surface area contributed by atoms with Crippen LogP contribution in [0.3, 0.4) is 0 Å². The zero-order valence-electron chi connectivity index (χ0n) is 7.07. The molecule has 1 aromatic heterocycles. The molecular formula is C9H9NO2S. The molecule has 0 fully saturated rings. The maximum Gasteiger partial charge on any atom is 0.215 e. The molecule has 0 unspecified atom stereocenters. The van der Waals surface area contributed by atoms with Crippen molar-refractivity contribution in [1.82, 2.24) is 0 Å². The van der Waals surface area contributed by atoms with Gasteiger partial charge in [-0.05, 0) is 18.2 Å². The van der Waals surface area contributed by atoms with Crippen molar-refractivity contribution in [1.29, 1.82) is 0 Å². The van der Waals surface area contributed by atoms with Crippen molar-refractivity contribution >= 4 is 27.1 Å². The molecule has 0 saturated carbocycles. The van der Waals surface area contributed by atoms with Gasteiger partial charge in [0.25, 0.3) is 0 Å². The summed E-state index contributed by atoms with van der Waals surface area (Å²) in [5.41, 5.74) is 6.29. The molecule has 1 heterocycles. The van der Waals surface area contributed by atoms with Crippen LogP contribution in [0, 0.1) is 0 Å². The Labute approximate surface area is 79.4 Å². The molecule has 68 valence electrons. The number of thiophene rings is 1. The fourth-order valence-corrected chi connectivity index (χ4v) is 2.17. The topological polar surface area (TPSA) is 55.5 Å². The molecule has 0 atom stereocenters. The first-order valence-corrected chi connectivity index (χ1v) is 4.59. The molecule has 0 amide bonds. The van der Waals surface area contributed by atoms with E-state index in [0.717, 1.165) is 10.1 Å². The van der Waals surface area contributed by atoms with Crippen LogP contribution in [0.4, 0.5) is 5.69 Å². The van der Waals surface area contributed by atoms with E-state index in [1.807, 2.05) is 6.07 Å². The first-order chi connectivity index (χ1) is 6.22. The Bertz CT molecular complexity index is 450. The molecule has 2 aromatic rings. The minimum atomic E-state index is 0.197. The van der Waals surface area contributed by atoms with Crippen LogP contribution in [-0.4, -0.2) is 12.2 Å². The third-order valence-electron chi connectivity index (χ3n) is 1.85. The third-order valence-corrected chi connectivity index (χ3v) is 2.81. The number of methoxy groups -OCH3 is 1. The number of nitrogens with two attached hydrogens (primary N) is 1. The van der Waals surface area contributed by atoms with Gasteiger partial charge in [-0.25, -0.2) is 0 Å². The molecule has 13 heavy (non-hydrogen) atoms. The second kappa shape index (κ2) is 2.81. The first kappa shape index (κ1) is 8.19.